The maximum atomic E-state index is 12.3. The molecular formula is C29H27IO2. The van der Waals surface area contributed by atoms with Crippen molar-refractivity contribution < 1.29 is 9.84 Å². The molecule has 4 rings (SSSR count). The highest BCUT2D eigenvalue weighted by atomic mass is 127. The standard InChI is InChI=1S/C29H27IO2/c1-2-28(23-11-7-4-8-12-23)29(31,24-13-17-26(30)18-14-24)25-15-19-27(20-16-25)32-21-22-9-5-3-6-10-22/h3-20,28,31H,2,21H2,1H3. The van der Waals surface area contributed by atoms with E-state index in [4.69, 9.17) is 4.74 Å². The van der Waals surface area contributed by atoms with Crippen molar-refractivity contribution in [2.75, 3.05) is 0 Å². The third-order valence-electron chi connectivity index (χ3n) is 5.94. The van der Waals surface area contributed by atoms with Gasteiger partial charge >= 0.3 is 0 Å². The number of ether oxygens (including phenoxy) is 1. The van der Waals surface area contributed by atoms with Gasteiger partial charge in [0.25, 0.3) is 0 Å². The molecule has 2 atom stereocenters. The lowest BCUT2D eigenvalue weighted by Gasteiger charge is -2.37. The van der Waals surface area contributed by atoms with Crippen molar-refractivity contribution >= 4 is 22.6 Å². The molecule has 0 saturated carbocycles. The fourth-order valence-electron chi connectivity index (χ4n) is 4.28. The van der Waals surface area contributed by atoms with E-state index in [2.05, 4.69) is 65.9 Å². The molecule has 0 heterocycles. The molecule has 1 N–H and O–H groups in total. The molecule has 4 aromatic carbocycles. The van der Waals surface area contributed by atoms with Crippen molar-refractivity contribution in [3.63, 3.8) is 0 Å². The monoisotopic (exact) mass is 534 g/mol. The van der Waals surface area contributed by atoms with Crippen LogP contribution in [0.1, 0.15) is 41.5 Å². The van der Waals surface area contributed by atoms with Crippen LogP contribution in [-0.2, 0) is 12.2 Å². The van der Waals surface area contributed by atoms with Crippen LogP contribution in [0.4, 0.5) is 0 Å². The lowest BCUT2D eigenvalue weighted by atomic mass is 9.72. The first kappa shape index (κ1) is 22.6. The number of rotatable bonds is 8. The molecule has 4 aromatic rings. The Kier molecular flexibility index (Phi) is 7.28. The molecule has 0 aliphatic carbocycles. The van der Waals surface area contributed by atoms with Gasteiger partial charge in [-0.3, -0.25) is 0 Å². The highest BCUT2D eigenvalue weighted by Crippen LogP contribution is 2.44. The first-order valence-electron chi connectivity index (χ1n) is 10.9. The maximum absolute atomic E-state index is 12.3. The summed E-state index contributed by atoms with van der Waals surface area (Å²) in [6.45, 7) is 2.65. The van der Waals surface area contributed by atoms with E-state index in [1.807, 2.05) is 72.8 Å². The molecule has 0 spiro atoms. The second kappa shape index (κ2) is 10.3. The van der Waals surface area contributed by atoms with Crippen molar-refractivity contribution in [1.29, 1.82) is 0 Å². The molecule has 2 unspecified atom stereocenters. The van der Waals surface area contributed by atoms with Crippen LogP contribution in [0.2, 0.25) is 0 Å². The van der Waals surface area contributed by atoms with Crippen LogP contribution in [0.5, 0.6) is 5.75 Å². The largest absolute Gasteiger partial charge is 0.489 e. The summed E-state index contributed by atoms with van der Waals surface area (Å²) in [5.41, 5.74) is 2.86. The third kappa shape index (κ3) is 4.89. The lowest BCUT2D eigenvalue weighted by molar-refractivity contribution is 0.0476. The zero-order valence-electron chi connectivity index (χ0n) is 18.1. The molecule has 32 heavy (non-hydrogen) atoms. The summed E-state index contributed by atoms with van der Waals surface area (Å²) in [4.78, 5) is 0. The predicted octanol–water partition coefficient (Wildman–Crippen LogP) is 7.30. The van der Waals surface area contributed by atoms with E-state index < -0.39 is 5.60 Å². The minimum atomic E-state index is -1.15. The summed E-state index contributed by atoms with van der Waals surface area (Å²) in [5, 5.41) is 12.3. The predicted molar refractivity (Wildman–Crippen MR) is 139 cm³/mol. The van der Waals surface area contributed by atoms with Gasteiger partial charge in [-0.25, -0.2) is 0 Å². The summed E-state index contributed by atoms with van der Waals surface area (Å²) in [7, 11) is 0. The molecule has 0 aliphatic heterocycles. The van der Waals surface area contributed by atoms with E-state index >= 15 is 0 Å². The van der Waals surface area contributed by atoms with Gasteiger partial charge in [-0.15, -0.1) is 0 Å². The zero-order valence-corrected chi connectivity index (χ0v) is 20.3. The minimum Gasteiger partial charge on any atom is -0.489 e. The number of aliphatic hydroxyl groups is 1. The highest BCUT2D eigenvalue weighted by Gasteiger charge is 2.40. The van der Waals surface area contributed by atoms with Crippen molar-refractivity contribution in [3.05, 3.63) is 135 Å². The summed E-state index contributed by atoms with van der Waals surface area (Å²) in [5.74, 6) is 0.704. The van der Waals surface area contributed by atoms with E-state index in [-0.39, 0.29) is 5.92 Å². The Morgan fingerprint density at radius 1 is 0.750 bits per heavy atom. The maximum Gasteiger partial charge on any atom is 0.121 e. The van der Waals surface area contributed by atoms with Crippen LogP contribution in [0.15, 0.2) is 109 Å². The van der Waals surface area contributed by atoms with Crippen molar-refractivity contribution in [2.45, 2.75) is 31.5 Å². The van der Waals surface area contributed by atoms with Crippen LogP contribution in [0.25, 0.3) is 0 Å². The van der Waals surface area contributed by atoms with E-state index in [0.717, 1.165) is 38.0 Å². The third-order valence-corrected chi connectivity index (χ3v) is 6.66. The van der Waals surface area contributed by atoms with Gasteiger partial charge in [-0.2, -0.15) is 0 Å². The molecule has 162 valence electrons. The second-order valence-corrected chi connectivity index (χ2v) is 9.19. The summed E-state index contributed by atoms with van der Waals surface area (Å²) in [6.07, 6.45) is 0.804. The van der Waals surface area contributed by atoms with Gasteiger partial charge in [0.1, 0.15) is 18.0 Å². The van der Waals surface area contributed by atoms with Gasteiger partial charge in [-0.1, -0.05) is 91.9 Å². The van der Waals surface area contributed by atoms with E-state index in [0.29, 0.717) is 6.61 Å². The summed E-state index contributed by atoms with van der Waals surface area (Å²) in [6, 6.07) is 36.5. The second-order valence-electron chi connectivity index (χ2n) is 7.94. The van der Waals surface area contributed by atoms with E-state index in [1.54, 1.807) is 0 Å². The summed E-state index contributed by atoms with van der Waals surface area (Å²) < 4.78 is 7.11. The Balaban J connectivity index is 1.69. The Morgan fingerprint density at radius 3 is 1.84 bits per heavy atom. The number of benzene rings is 4. The first-order chi connectivity index (χ1) is 15.6. The summed E-state index contributed by atoms with van der Waals surface area (Å²) >= 11 is 2.30. The minimum absolute atomic E-state index is 0.0835. The molecule has 0 radical (unpaired) electrons. The lowest BCUT2D eigenvalue weighted by Crippen LogP contribution is -2.34. The average molecular weight is 534 g/mol. The highest BCUT2D eigenvalue weighted by molar-refractivity contribution is 14.1. The van der Waals surface area contributed by atoms with Crippen molar-refractivity contribution in [2.24, 2.45) is 0 Å². The van der Waals surface area contributed by atoms with Gasteiger partial charge in [0, 0.05) is 9.49 Å². The number of halogens is 1. The van der Waals surface area contributed by atoms with Gasteiger partial charge in [0.05, 0.1) is 0 Å². The molecule has 0 aliphatic rings. The Labute approximate surface area is 204 Å². The SMILES string of the molecule is CCC(c1ccccc1)C(O)(c1ccc(I)cc1)c1ccc(OCc2ccccc2)cc1. The Bertz CT molecular complexity index is 1110. The quantitative estimate of drug-likeness (QED) is 0.241. The van der Waals surface area contributed by atoms with Crippen LogP contribution >= 0.6 is 22.6 Å². The van der Waals surface area contributed by atoms with Gasteiger partial charge in [0.2, 0.25) is 0 Å². The van der Waals surface area contributed by atoms with Gasteiger partial charge < -0.3 is 9.84 Å². The van der Waals surface area contributed by atoms with Crippen LogP contribution in [0.3, 0.4) is 0 Å². The van der Waals surface area contributed by atoms with Gasteiger partial charge in [0.15, 0.2) is 0 Å². The molecule has 0 aromatic heterocycles. The Hall–Kier alpha value is -2.63. The molecule has 0 fully saturated rings. The Morgan fingerprint density at radius 2 is 1.28 bits per heavy atom. The smallest absolute Gasteiger partial charge is 0.121 e. The van der Waals surface area contributed by atoms with E-state index in [9.17, 15) is 5.11 Å². The molecular weight excluding hydrogens is 507 g/mol. The van der Waals surface area contributed by atoms with Gasteiger partial charge in [-0.05, 0) is 75.5 Å². The number of hydrogen-bond acceptors (Lipinski definition) is 2. The van der Waals surface area contributed by atoms with Crippen molar-refractivity contribution in [1.82, 2.24) is 0 Å². The topological polar surface area (TPSA) is 29.5 Å². The van der Waals surface area contributed by atoms with Crippen LogP contribution in [-0.4, -0.2) is 5.11 Å². The number of hydrogen-bond donors (Lipinski definition) is 1. The zero-order chi connectivity index (χ0) is 22.4. The molecule has 2 nitrogen and oxygen atoms in total. The molecule has 0 amide bonds. The van der Waals surface area contributed by atoms with Crippen LogP contribution < -0.4 is 4.74 Å². The molecule has 0 saturated heterocycles. The van der Waals surface area contributed by atoms with E-state index in [1.165, 1.54) is 0 Å². The van der Waals surface area contributed by atoms with Crippen LogP contribution in [0, 0.1) is 3.57 Å². The fourth-order valence-corrected chi connectivity index (χ4v) is 4.64. The first-order valence-corrected chi connectivity index (χ1v) is 12.0. The molecule has 3 heteroatoms. The molecule has 0 bridgehead atoms. The van der Waals surface area contributed by atoms with Crippen molar-refractivity contribution in [3.8, 4) is 5.75 Å². The average Bonchev–Trinajstić information content (AvgIpc) is 2.85. The fraction of sp³-hybridized carbons (Fsp3) is 0.172. The normalized spacial score (nSPS) is 13.8.